The second kappa shape index (κ2) is 4.06. The van der Waals surface area contributed by atoms with E-state index in [-0.39, 0.29) is 0 Å². The van der Waals surface area contributed by atoms with Crippen LogP contribution in [-0.4, -0.2) is 9.97 Å². The monoisotopic (exact) mass is 265 g/mol. The highest BCUT2D eigenvalue weighted by Gasteiger charge is 2.09. The third-order valence-corrected chi connectivity index (χ3v) is 3.49. The Morgan fingerprint density at radius 2 is 2.00 bits per heavy atom. The van der Waals surface area contributed by atoms with Crippen LogP contribution in [0.1, 0.15) is 5.56 Å². The normalized spacial score (nSPS) is 11.1. The molecule has 1 aromatic carbocycles. The summed E-state index contributed by atoms with van der Waals surface area (Å²) in [5, 5.41) is 7.03. The lowest BCUT2D eigenvalue weighted by atomic mass is 10.3. The molecule has 0 saturated carbocycles. The molecule has 92 valence electrons. The average Bonchev–Trinajstić information content (AvgIpc) is 2.87. The van der Waals surface area contributed by atoms with Gasteiger partial charge >= 0.3 is 0 Å². The first-order chi connectivity index (χ1) is 8.63. The summed E-state index contributed by atoms with van der Waals surface area (Å²) in [5.74, 6) is -1.31. The minimum Gasteiger partial charge on any atom is -0.325 e. The largest absolute Gasteiger partial charge is 0.325 e. The Kier molecular flexibility index (Phi) is 2.52. The molecule has 0 aliphatic heterocycles. The molecule has 0 bridgehead atoms. The van der Waals surface area contributed by atoms with Crippen LogP contribution < -0.4 is 5.32 Å². The van der Waals surface area contributed by atoms with Gasteiger partial charge in [-0.2, -0.15) is 0 Å². The van der Waals surface area contributed by atoms with Crippen molar-refractivity contribution in [1.29, 1.82) is 0 Å². The number of aromatic nitrogens is 2. The molecule has 0 unspecified atom stereocenters. The van der Waals surface area contributed by atoms with Crippen molar-refractivity contribution in [3.05, 3.63) is 40.1 Å². The van der Waals surface area contributed by atoms with Crippen LogP contribution in [-0.2, 0) is 0 Å². The lowest BCUT2D eigenvalue weighted by molar-refractivity contribution is 0.510. The molecule has 0 aliphatic carbocycles. The van der Waals surface area contributed by atoms with Gasteiger partial charge in [-0.1, -0.05) is 0 Å². The summed E-state index contributed by atoms with van der Waals surface area (Å²) in [7, 11) is 0. The van der Waals surface area contributed by atoms with Crippen LogP contribution in [0, 0.1) is 18.6 Å². The van der Waals surface area contributed by atoms with Gasteiger partial charge in [-0.3, -0.25) is 0 Å². The Balaban J connectivity index is 2.01. The summed E-state index contributed by atoms with van der Waals surface area (Å²) in [6.07, 6.45) is 0. The molecule has 0 radical (unpaired) electrons. The fraction of sp³-hybridized carbons (Fsp3) is 0.0833. The number of benzene rings is 1. The third-order valence-electron chi connectivity index (χ3n) is 2.63. The molecule has 0 aliphatic rings. The molecule has 2 aromatic heterocycles. The molecule has 0 spiro atoms. The van der Waals surface area contributed by atoms with E-state index in [2.05, 4.69) is 15.3 Å². The minimum absolute atomic E-state index is 0.393. The van der Waals surface area contributed by atoms with E-state index in [1.165, 1.54) is 0 Å². The molecule has 2 heterocycles. The van der Waals surface area contributed by atoms with Crippen molar-refractivity contribution in [2.75, 3.05) is 5.32 Å². The highest BCUT2D eigenvalue weighted by Crippen LogP contribution is 2.24. The topological polar surface area (TPSA) is 40.7 Å². The maximum Gasteiger partial charge on any atom is 0.205 e. The molecule has 0 atom stereocenters. The zero-order valence-electron chi connectivity index (χ0n) is 9.42. The van der Waals surface area contributed by atoms with E-state index < -0.39 is 11.6 Å². The standard InChI is InChI=1S/C12H9F2N3S/c1-6-4-18-5-11(6)17-12-15-9-2-7(13)8(14)3-10(9)16-12/h2-5H,1H3,(H2,15,16,17). The van der Waals surface area contributed by atoms with Gasteiger partial charge in [-0.25, -0.2) is 13.8 Å². The van der Waals surface area contributed by atoms with Gasteiger partial charge in [-0.05, 0) is 17.9 Å². The summed E-state index contributed by atoms with van der Waals surface area (Å²) < 4.78 is 26.1. The predicted molar refractivity (Wildman–Crippen MR) is 68.3 cm³/mol. The number of halogens is 2. The van der Waals surface area contributed by atoms with Crippen LogP contribution in [0.15, 0.2) is 22.9 Å². The fourth-order valence-corrected chi connectivity index (χ4v) is 2.46. The molecule has 0 amide bonds. The number of fused-ring (bicyclic) bond motifs is 1. The van der Waals surface area contributed by atoms with Gasteiger partial charge in [0.25, 0.3) is 0 Å². The first-order valence-corrected chi connectivity index (χ1v) is 6.22. The van der Waals surface area contributed by atoms with Gasteiger partial charge in [0.05, 0.1) is 16.7 Å². The molecule has 6 heteroatoms. The van der Waals surface area contributed by atoms with E-state index in [9.17, 15) is 8.78 Å². The molecule has 0 fully saturated rings. The number of rotatable bonds is 2. The Morgan fingerprint density at radius 3 is 2.72 bits per heavy atom. The van der Waals surface area contributed by atoms with Gasteiger partial charge in [0.15, 0.2) is 11.6 Å². The molecular formula is C12H9F2N3S. The predicted octanol–water partition coefficient (Wildman–Crippen LogP) is 3.95. The molecule has 18 heavy (non-hydrogen) atoms. The lowest BCUT2D eigenvalue weighted by Crippen LogP contribution is -1.91. The van der Waals surface area contributed by atoms with Crippen molar-refractivity contribution in [3.8, 4) is 0 Å². The maximum atomic E-state index is 13.1. The number of nitrogens with zero attached hydrogens (tertiary/aromatic N) is 1. The zero-order chi connectivity index (χ0) is 12.7. The summed E-state index contributed by atoms with van der Waals surface area (Å²) in [4.78, 5) is 7.07. The number of hydrogen-bond donors (Lipinski definition) is 2. The number of nitrogens with one attached hydrogen (secondary N) is 2. The van der Waals surface area contributed by atoms with E-state index in [4.69, 9.17) is 0 Å². The van der Waals surface area contributed by atoms with Crippen molar-refractivity contribution in [3.63, 3.8) is 0 Å². The SMILES string of the molecule is Cc1cscc1Nc1nc2cc(F)c(F)cc2[nH]1. The molecule has 0 saturated heterocycles. The van der Waals surface area contributed by atoms with Crippen LogP contribution >= 0.6 is 11.3 Å². The third kappa shape index (κ3) is 1.84. The molecule has 2 N–H and O–H groups in total. The first kappa shape index (κ1) is 11.2. The zero-order valence-corrected chi connectivity index (χ0v) is 10.2. The van der Waals surface area contributed by atoms with Crippen LogP contribution in [0.5, 0.6) is 0 Å². The van der Waals surface area contributed by atoms with E-state index in [1.54, 1.807) is 11.3 Å². The van der Waals surface area contributed by atoms with Gasteiger partial charge in [0.2, 0.25) is 5.95 Å². The quantitative estimate of drug-likeness (QED) is 0.736. The molecule has 3 rings (SSSR count). The molecule has 3 nitrogen and oxygen atoms in total. The summed E-state index contributed by atoms with van der Waals surface area (Å²) in [6, 6.07) is 2.18. The van der Waals surface area contributed by atoms with Crippen molar-refractivity contribution in [2.45, 2.75) is 6.92 Å². The number of aromatic amines is 1. The number of hydrogen-bond acceptors (Lipinski definition) is 3. The summed E-state index contributed by atoms with van der Waals surface area (Å²) in [5.41, 5.74) is 2.88. The highest BCUT2D eigenvalue weighted by atomic mass is 32.1. The van der Waals surface area contributed by atoms with Crippen LogP contribution in [0.2, 0.25) is 0 Å². The van der Waals surface area contributed by atoms with E-state index in [1.807, 2.05) is 17.7 Å². The van der Waals surface area contributed by atoms with Crippen LogP contribution in [0.25, 0.3) is 11.0 Å². The van der Waals surface area contributed by atoms with Crippen molar-refractivity contribution in [1.82, 2.24) is 9.97 Å². The first-order valence-electron chi connectivity index (χ1n) is 5.28. The average molecular weight is 265 g/mol. The van der Waals surface area contributed by atoms with E-state index in [0.717, 1.165) is 23.4 Å². The van der Waals surface area contributed by atoms with Crippen molar-refractivity contribution in [2.24, 2.45) is 0 Å². The van der Waals surface area contributed by atoms with Gasteiger partial charge in [0.1, 0.15) is 0 Å². The minimum atomic E-state index is -0.896. The second-order valence-electron chi connectivity index (χ2n) is 3.96. The Morgan fingerprint density at radius 1 is 1.22 bits per heavy atom. The molecular weight excluding hydrogens is 256 g/mol. The summed E-state index contributed by atoms with van der Waals surface area (Å²) in [6.45, 7) is 1.97. The number of anilines is 2. The van der Waals surface area contributed by atoms with Gasteiger partial charge < -0.3 is 10.3 Å². The van der Waals surface area contributed by atoms with E-state index >= 15 is 0 Å². The van der Waals surface area contributed by atoms with Crippen molar-refractivity contribution >= 4 is 34.0 Å². The smallest absolute Gasteiger partial charge is 0.205 e. The van der Waals surface area contributed by atoms with Crippen LogP contribution in [0.3, 0.4) is 0 Å². The molecule has 3 aromatic rings. The number of thiophene rings is 1. The maximum absolute atomic E-state index is 13.1. The highest BCUT2D eigenvalue weighted by molar-refractivity contribution is 7.08. The Labute approximate surface area is 105 Å². The number of H-pyrrole nitrogens is 1. The Hall–Kier alpha value is -1.95. The lowest BCUT2D eigenvalue weighted by Gasteiger charge is -1.99. The second-order valence-corrected chi connectivity index (χ2v) is 4.71. The Bertz CT molecular complexity index is 678. The van der Waals surface area contributed by atoms with Gasteiger partial charge in [0, 0.05) is 17.5 Å². The van der Waals surface area contributed by atoms with E-state index in [0.29, 0.717) is 17.0 Å². The number of imidazole rings is 1. The fourth-order valence-electron chi connectivity index (χ4n) is 1.68. The van der Waals surface area contributed by atoms with Crippen molar-refractivity contribution < 1.29 is 8.78 Å². The van der Waals surface area contributed by atoms with Gasteiger partial charge in [-0.15, -0.1) is 11.3 Å². The number of aryl methyl sites for hydroxylation is 1. The summed E-state index contributed by atoms with van der Waals surface area (Å²) >= 11 is 1.57. The van der Waals surface area contributed by atoms with Crippen LogP contribution in [0.4, 0.5) is 20.4 Å².